The Bertz CT molecular complexity index is 2720. The van der Waals surface area contributed by atoms with Gasteiger partial charge in [0, 0.05) is 41.5 Å². The molecule has 0 aliphatic heterocycles. The second-order valence-corrected chi connectivity index (χ2v) is 12.6. The molecule has 0 aliphatic rings. The van der Waals surface area contributed by atoms with Crippen LogP contribution in [0, 0.1) is 5.82 Å². The average Bonchev–Trinajstić information content (AvgIpc) is 3.28. The van der Waals surface area contributed by atoms with E-state index in [0.29, 0.717) is 28.2 Å². The van der Waals surface area contributed by atoms with E-state index in [9.17, 15) is 47.3 Å². The molecule has 0 atom stereocenters. The van der Waals surface area contributed by atoms with Gasteiger partial charge >= 0.3 is 62.9 Å². The number of carboxylic acid groups (broad SMARTS) is 3. The first-order valence-corrected chi connectivity index (χ1v) is 18.1. The number of anilines is 4. The van der Waals surface area contributed by atoms with Crippen LogP contribution in [0.5, 0.6) is 17.2 Å². The summed E-state index contributed by atoms with van der Waals surface area (Å²) in [6.45, 7) is 0. The van der Waals surface area contributed by atoms with Crippen molar-refractivity contribution >= 4 is 40.7 Å². The van der Waals surface area contributed by atoms with Crippen LogP contribution in [0.4, 0.5) is 40.3 Å². The number of halogens is 4. The summed E-state index contributed by atoms with van der Waals surface area (Å²) in [5.41, 5.74) is 2.52. The fraction of sp³-hybridized carbons (Fsp3) is 0.0667. The molecule has 14 nitrogen and oxygen atoms in total. The predicted molar refractivity (Wildman–Crippen MR) is 216 cm³/mol. The molecular weight excluding hydrogens is 851 g/mol. The molecule has 3 heterocycles. The van der Waals surface area contributed by atoms with Crippen molar-refractivity contribution < 1.29 is 118 Å². The first kappa shape index (κ1) is 55.4. The van der Waals surface area contributed by atoms with E-state index in [0.717, 1.165) is 5.56 Å². The zero-order valence-electron chi connectivity index (χ0n) is 35.9. The third kappa shape index (κ3) is 16.0. The largest absolute Gasteiger partial charge is 1.00 e. The normalized spacial score (nSPS) is 9.97. The molecule has 0 saturated heterocycles. The Morgan fingerprint density at radius 1 is 0.530 bits per heavy atom. The molecule has 0 radical (unpaired) electrons. The standard InChI is InChI=1S/C20H15F3N2O4.C19H15FN2O3.C6H5NO2.3Li/c1-28-14-4-2-3-12(9-14)13-5-6-16(18(10-13)29-20(21,22)23)25-17-11-24-8-7-15(17)19(26)27;1-25-14-4-2-3-12(9-14)13-5-6-17(16(20)10-13)22-18-11-21-8-7-15(18)19(23)24;8-6(9)5-1-3-7-4-2-5;;;/h2-11,25H,1H3,(H,26,27);2-11,22H,1H3,(H,23,24);1-4H,(H,8,9);;;/q;;;3*+1/p-3. The first-order valence-electron chi connectivity index (χ1n) is 18.1. The third-order valence-corrected chi connectivity index (χ3v) is 8.52. The molecule has 2 N–H and O–H groups in total. The molecule has 0 amide bonds. The van der Waals surface area contributed by atoms with E-state index in [4.69, 9.17) is 9.47 Å². The van der Waals surface area contributed by atoms with E-state index in [1.807, 2.05) is 12.1 Å². The third-order valence-electron chi connectivity index (χ3n) is 8.52. The van der Waals surface area contributed by atoms with E-state index in [-0.39, 0.29) is 96.0 Å². The molecule has 0 saturated carbocycles. The Balaban J connectivity index is 0.000000369. The summed E-state index contributed by atoms with van der Waals surface area (Å²) in [7, 11) is 3.04. The van der Waals surface area contributed by atoms with Gasteiger partial charge in [-0.1, -0.05) is 36.4 Å². The van der Waals surface area contributed by atoms with Gasteiger partial charge in [0.15, 0.2) is 5.75 Å². The van der Waals surface area contributed by atoms with Gasteiger partial charge in [-0.25, -0.2) is 4.39 Å². The maximum atomic E-state index is 14.5. The SMILES string of the molecule is COc1cccc(-c2ccc(Nc3cnccc3C(=O)[O-])c(F)c2)c1.COc1cccc(-c2ccc(Nc3cnccc3C(=O)[O-])c(OC(F)(F)F)c2)c1.O=C([O-])c1ccncc1.[Li+].[Li+].[Li+]. The number of ether oxygens (including phenoxy) is 3. The number of alkyl halides is 3. The number of carbonyl (C=O) groups excluding carboxylic acids is 3. The van der Waals surface area contributed by atoms with Gasteiger partial charge < -0.3 is 54.5 Å². The number of pyridine rings is 3. The Morgan fingerprint density at radius 2 is 0.970 bits per heavy atom. The van der Waals surface area contributed by atoms with Crippen LogP contribution in [0.25, 0.3) is 22.3 Å². The number of benzene rings is 4. The topological polar surface area (TPSA) is 211 Å². The van der Waals surface area contributed by atoms with Gasteiger partial charge in [0.05, 0.1) is 67.3 Å². The van der Waals surface area contributed by atoms with E-state index >= 15 is 0 Å². The van der Waals surface area contributed by atoms with Gasteiger partial charge in [-0.3, -0.25) is 15.0 Å². The smallest absolute Gasteiger partial charge is 0.545 e. The van der Waals surface area contributed by atoms with Gasteiger partial charge in [-0.05, 0) is 95.1 Å². The number of hydrogen-bond donors (Lipinski definition) is 2. The second kappa shape index (κ2) is 26.3. The summed E-state index contributed by atoms with van der Waals surface area (Å²) in [4.78, 5) is 43.7. The molecule has 7 aromatic rings. The summed E-state index contributed by atoms with van der Waals surface area (Å²) >= 11 is 0. The monoisotopic (exact) mass is 883 g/mol. The van der Waals surface area contributed by atoms with Crippen molar-refractivity contribution in [2.24, 2.45) is 0 Å². The van der Waals surface area contributed by atoms with Crippen LogP contribution in [0.2, 0.25) is 0 Å². The zero-order valence-corrected chi connectivity index (χ0v) is 35.9. The number of methoxy groups -OCH3 is 2. The molecule has 0 aliphatic carbocycles. The number of rotatable bonds is 12. The molecule has 0 spiro atoms. The summed E-state index contributed by atoms with van der Waals surface area (Å²) in [5.74, 6) is -3.87. The minimum Gasteiger partial charge on any atom is -0.545 e. The molecule has 0 bridgehead atoms. The van der Waals surface area contributed by atoms with E-state index in [1.54, 1.807) is 55.6 Å². The fourth-order valence-electron chi connectivity index (χ4n) is 5.54. The molecular formula is C45H32F4Li3N5O9. The molecule has 3 aromatic heterocycles. The van der Waals surface area contributed by atoms with Crippen LogP contribution in [-0.4, -0.2) is 53.4 Å². The number of nitrogens with zero attached hydrogens (tertiary/aromatic N) is 3. The van der Waals surface area contributed by atoms with Crippen LogP contribution in [0.1, 0.15) is 31.1 Å². The van der Waals surface area contributed by atoms with Crippen molar-refractivity contribution in [1.82, 2.24) is 15.0 Å². The van der Waals surface area contributed by atoms with Gasteiger partial charge in [0.25, 0.3) is 0 Å². The van der Waals surface area contributed by atoms with E-state index in [1.165, 1.54) is 92.8 Å². The molecule has 7 rings (SSSR count). The van der Waals surface area contributed by atoms with Crippen molar-refractivity contribution in [3.8, 4) is 39.5 Å². The quantitative estimate of drug-likeness (QED) is 0.0941. The predicted octanol–water partition coefficient (Wildman–Crippen LogP) is -2.78. The van der Waals surface area contributed by atoms with Crippen molar-refractivity contribution in [3.05, 3.63) is 169 Å². The maximum Gasteiger partial charge on any atom is 1.00 e. The number of aromatic nitrogens is 3. The zero-order chi connectivity index (χ0) is 45.5. The number of carbonyl (C=O) groups is 3. The summed E-state index contributed by atoms with van der Waals surface area (Å²) in [5, 5.41) is 37.8. The number of hydrogen-bond acceptors (Lipinski definition) is 14. The van der Waals surface area contributed by atoms with Crippen molar-refractivity contribution in [1.29, 1.82) is 0 Å². The van der Waals surface area contributed by atoms with Crippen LogP contribution < -0.4 is 96.7 Å². The number of carboxylic acids is 3. The molecule has 0 unspecified atom stereocenters. The van der Waals surface area contributed by atoms with Crippen molar-refractivity contribution in [2.75, 3.05) is 24.9 Å². The minimum absolute atomic E-state index is 0. The fourth-order valence-corrected chi connectivity index (χ4v) is 5.54. The van der Waals surface area contributed by atoms with Crippen LogP contribution in [-0.2, 0) is 0 Å². The van der Waals surface area contributed by atoms with Gasteiger partial charge in [0.2, 0.25) is 0 Å². The van der Waals surface area contributed by atoms with E-state index in [2.05, 4.69) is 30.3 Å². The Kier molecular flexibility index (Phi) is 22.0. The second-order valence-electron chi connectivity index (χ2n) is 12.6. The summed E-state index contributed by atoms with van der Waals surface area (Å²) in [6, 6.07) is 28.0. The summed E-state index contributed by atoms with van der Waals surface area (Å²) in [6.07, 6.45) is 2.90. The summed E-state index contributed by atoms with van der Waals surface area (Å²) < 4.78 is 67.7. The molecule has 0 fully saturated rings. The van der Waals surface area contributed by atoms with Gasteiger partial charge in [-0.2, -0.15) is 0 Å². The van der Waals surface area contributed by atoms with E-state index < -0.39 is 35.8 Å². The Hall–Kier alpha value is -6.75. The molecule has 21 heteroatoms. The number of nitrogens with one attached hydrogen (secondary N) is 2. The Labute approximate surface area is 410 Å². The van der Waals surface area contributed by atoms with Crippen LogP contribution in [0.3, 0.4) is 0 Å². The molecule has 322 valence electrons. The van der Waals surface area contributed by atoms with Crippen LogP contribution >= 0.6 is 0 Å². The average molecular weight is 884 g/mol. The maximum absolute atomic E-state index is 14.5. The Morgan fingerprint density at radius 3 is 1.39 bits per heavy atom. The molecule has 4 aromatic carbocycles. The van der Waals surface area contributed by atoms with Gasteiger partial charge in [-0.15, -0.1) is 13.2 Å². The van der Waals surface area contributed by atoms with Crippen LogP contribution in [0.15, 0.2) is 146 Å². The first-order chi connectivity index (χ1) is 30.1. The van der Waals surface area contributed by atoms with Gasteiger partial charge in [0.1, 0.15) is 17.3 Å². The molecule has 66 heavy (non-hydrogen) atoms. The van der Waals surface area contributed by atoms with Crippen molar-refractivity contribution in [2.45, 2.75) is 6.36 Å². The number of aromatic carboxylic acids is 3. The minimum atomic E-state index is -4.95. The van der Waals surface area contributed by atoms with Crippen molar-refractivity contribution in [3.63, 3.8) is 0 Å².